The summed E-state index contributed by atoms with van der Waals surface area (Å²) >= 11 is 0. The summed E-state index contributed by atoms with van der Waals surface area (Å²) in [6.07, 6.45) is 2.36. The topological polar surface area (TPSA) is 30.5 Å². The number of rotatable bonds is 3. The van der Waals surface area contributed by atoms with E-state index in [-0.39, 0.29) is 5.41 Å². The largest absolute Gasteiger partial charge is 0.493 e. The third-order valence-corrected chi connectivity index (χ3v) is 3.50. The summed E-state index contributed by atoms with van der Waals surface area (Å²) < 4.78 is 11.1. The van der Waals surface area contributed by atoms with Gasteiger partial charge in [-0.1, -0.05) is 6.92 Å². The lowest BCUT2D eigenvalue weighted by Gasteiger charge is -2.37. The van der Waals surface area contributed by atoms with Crippen LogP contribution in [0.25, 0.3) is 0 Å². The molecule has 1 fully saturated rings. The highest BCUT2D eigenvalue weighted by Gasteiger charge is 2.34. The third kappa shape index (κ3) is 2.25. The Morgan fingerprint density at radius 1 is 1.41 bits per heavy atom. The van der Waals surface area contributed by atoms with E-state index in [0.717, 1.165) is 38.5 Å². The minimum Gasteiger partial charge on any atom is -0.493 e. The fourth-order valence-corrected chi connectivity index (χ4v) is 2.33. The first-order valence-electron chi connectivity index (χ1n) is 6.33. The van der Waals surface area contributed by atoms with Crippen LogP contribution < -0.4 is 10.1 Å². The summed E-state index contributed by atoms with van der Waals surface area (Å²) in [7, 11) is 0. The van der Waals surface area contributed by atoms with Crippen LogP contribution in [0.2, 0.25) is 0 Å². The SMILES string of the molecule is CC1(COc2ccc3c(c2)CCCN3)COC1. The van der Waals surface area contributed by atoms with Gasteiger partial charge in [0.15, 0.2) is 0 Å². The van der Waals surface area contributed by atoms with Gasteiger partial charge in [-0.05, 0) is 36.6 Å². The highest BCUT2D eigenvalue weighted by molar-refractivity contribution is 5.55. The van der Waals surface area contributed by atoms with Crippen LogP contribution in [-0.2, 0) is 11.2 Å². The highest BCUT2D eigenvalue weighted by atomic mass is 16.5. The van der Waals surface area contributed by atoms with Crippen molar-refractivity contribution in [3.63, 3.8) is 0 Å². The van der Waals surface area contributed by atoms with Gasteiger partial charge in [-0.2, -0.15) is 0 Å². The van der Waals surface area contributed by atoms with Gasteiger partial charge < -0.3 is 14.8 Å². The molecule has 1 saturated heterocycles. The molecule has 0 aliphatic carbocycles. The lowest BCUT2D eigenvalue weighted by atomic mass is 9.90. The van der Waals surface area contributed by atoms with Gasteiger partial charge in [0.1, 0.15) is 5.75 Å². The zero-order valence-electron chi connectivity index (χ0n) is 10.3. The Bertz CT molecular complexity index is 413. The second-order valence-electron chi connectivity index (χ2n) is 5.44. The van der Waals surface area contributed by atoms with E-state index in [2.05, 4.69) is 30.4 Å². The van der Waals surface area contributed by atoms with Crippen molar-refractivity contribution in [3.8, 4) is 5.75 Å². The van der Waals surface area contributed by atoms with Crippen LogP contribution in [0.15, 0.2) is 18.2 Å². The zero-order chi connectivity index (χ0) is 11.7. The average Bonchev–Trinajstić information content (AvgIpc) is 2.34. The van der Waals surface area contributed by atoms with Crippen molar-refractivity contribution < 1.29 is 9.47 Å². The molecule has 2 aliphatic rings. The molecule has 0 spiro atoms. The lowest BCUT2D eigenvalue weighted by Crippen LogP contribution is -2.44. The van der Waals surface area contributed by atoms with Gasteiger partial charge >= 0.3 is 0 Å². The number of hydrogen-bond acceptors (Lipinski definition) is 3. The van der Waals surface area contributed by atoms with Gasteiger partial charge in [0.25, 0.3) is 0 Å². The molecule has 3 heteroatoms. The predicted octanol–water partition coefficient (Wildman–Crippen LogP) is 2.46. The second-order valence-corrected chi connectivity index (χ2v) is 5.44. The van der Waals surface area contributed by atoms with E-state index in [1.54, 1.807) is 0 Å². The van der Waals surface area contributed by atoms with Gasteiger partial charge in [0.2, 0.25) is 0 Å². The van der Waals surface area contributed by atoms with Crippen molar-refractivity contribution in [2.24, 2.45) is 5.41 Å². The van der Waals surface area contributed by atoms with E-state index in [0.29, 0.717) is 0 Å². The van der Waals surface area contributed by atoms with Crippen molar-refractivity contribution in [2.75, 3.05) is 31.7 Å². The summed E-state index contributed by atoms with van der Waals surface area (Å²) in [4.78, 5) is 0. The Kier molecular flexibility index (Phi) is 2.71. The Labute approximate surface area is 102 Å². The van der Waals surface area contributed by atoms with Crippen LogP contribution in [0, 0.1) is 5.41 Å². The summed E-state index contributed by atoms with van der Waals surface area (Å²) in [5, 5.41) is 3.41. The second kappa shape index (κ2) is 4.22. The van der Waals surface area contributed by atoms with Gasteiger partial charge in [0, 0.05) is 17.6 Å². The molecule has 0 aromatic heterocycles. The maximum absolute atomic E-state index is 5.87. The third-order valence-electron chi connectivity index (χ3n) is 3.50. The van der Waals surface area contributed by atoms with Crippen LogP contribution in [0.4, 0.5) is 5.69 Å². The normalized spacial score (nSPS) is 21.0. The number of aryl methyl sites for hydroxylation is 1. The number of ether oxygens (including phenoxy) is 2. The Hall–Kier alpha value is -1.22. The fourth-order valence-electron chi connectivity index (χ4n) is 2.33. The molecule has 0 amide bonds. The molecule has 17 heavy (non-hydrogen) atoms. The van der Waals surface area contributed by atoms with E-state index in [1.807, 2.05) is 0 Å². The van der Waals surface area contributed by atoms with Crippen LogP contribution >= 0.6 is 0 Å². The van der Waals surface area contributed by atoms with E-state index < -0.39 is 0 Å². The van der Waals surface area contributed by atoms with Gasteiger partial charge in [0.05, 0.1) is 19.8 Å². The predicted molar refractivity (Wildman–Crippen MR) is 67.7 cm³/mol. The molecule has 2 heterocycles. The zero-order valence-corrected chi connectivity index (χ0v) is 10.3. The molecular formula is C14H19NO2. The van der Waals surface area contributed by atoms with Crippen LogP contribution in [0.3, 0.4) is 0 Å². The maximum atomic E-state index is 5.87. The summed E-state index contributed by atoms with van der Waals surface area (Å²) in [5.41, 5.74) is 2.86. The first-order chi connectivity index (χ1) is 8.25. The van der Waals surface area contributed by atoms with E-state index in [1.165, 1.54) is 17.7 Å². The Morgan fingerprint density at radius 3 is 3.06 bits per heavy atom. The molecule has 2 aliphatic heterocycles. The minimum absolute atomic E-state index is 0.216. The van der Waals surface area contributed by atoms with Crippen LogP contribution in [-0.4, -0.2) is 26.4 Å². The summed E-state index contributed by atoms with van der Waals surface area (Å²) in [6, 6.07) is 6.36. The molecule has 0 unspecified atom stereocenters. The van der Waals surface area contributed by atoms with Crippen molar-refractivity contribution >= 4 is 5.69 Å². The smallest absolute Gasteiger partial charge is 0.119 e. The number of hydrogen-bond donors (Lipinski definition) is 1. The molecule has 0 radical (unpaired) electrons. The molecule has 92 valence electrons. The molecule has 0 saturated carbocycles. The van der Waals surface area contributed by atoms with Gasteiger partial charge in [-0.15, -0.1) is 0 Å². The lowest BCUT2D eigenvalue weighted by molar-refractivity contribution is -0.120. The number of anilines is 1. The molecular weight excluding hydrogens is 214 g/mol. The van der Waals surface area contributed by atoms with Crippen molar-refractivity contribution in [3.05, 3.63) is 23.8 Å². The monoisotopic (exact) mass is 233 g/mol. The quantitative estimate of drug-likeness (QED) is 0.870. The van der Waals surface area contributed by atoms with Crippen molar-refractivity contribution in [1.29, 1.82) is 0 Å². The first-order valence-corrected chi connectivity index (χ1v) is 6.33. The standard InChI is InChI=1S/C14H19NO2/c1-14(8-16-9-14)10-17-12-4-5-13-11(7-12)3-2-6-15-13/h4-5,7,15H,2-3,6,8-10H2,1H3. The molecule has 1 aromatic carbocycles. The molecule has 1 aromatic rings. The number of fused-ring (bicyclic) bond motifs is 1. The van der Waals surface area contributed by atoms with Gasteiger partial charge in [-0.25, -0.2) is 0 Å². The summed E-state index contributed by atoms with van der Waals surface area (Å²) in [5.74, 6) is 0.987. The minimum atomic E-state index is 0.216. The van der Waals surface area contributed by atoms with Gasteiger partial charge in [-0.3, -0.25) is 0 Å². The summed E-state index contributed by atoms with van der Waals surface area (Å²) in [6.45, 7) is 5.68. The van der Waals surface area contributed by atoms with E-state index in [4.69, 9.17) is 9.47 Å². The fraction of sp³-hybridized carbons (Fsp3) is 0.571. The van der Waals surface area contributed by atoms with Crippen molar-refractivity contribution in [1.82, 2.24) is 0 Å². The van der Waals surface area contributed by atoms with Crippen LogP contribution in [0.5, 0.6) is 5.75 Å². The Morgan fingerprint density at radius 2 is 2.29 bits per heavy atom. The number of benzene rings is 1. The van der Waals surface area contributed by atoms with E-state index >= 15 is 0 Å². The first kappa shape index (κ1) is 10.9. The molecule has 0 bridgehead atoms. The molecule has 3 rings (SSSR count). The molecule has 0 atom stereocenters. The average molecular weight is 233 g/mol. The van der Waals surface area contributed by atoms with Crippen molar-refractivity contribution in [2.45, 2.75) is 19.8 Å². The maximum Gasteiger partial charge on any atom is 0.119 e. The Balaban J connectivity index is 1.67. The van der Waals surface area contributed by atoms with Crippen LogP contribution in [0.1, 0.15) is 18.9 Å². The van der Waals surface area contributed by atoms with E-state index in [9.17, 15) is 0 Å². The highest BCUT2D eigenvalue weighted by Crippen LogP contribution is 2.30. The molecule has 1 N–H and O–H groups in total. The molecule has 3 nitrogen and oxygen atoms in total. The number of nitrogens with one attached hydrogen (secondary N) is 1.